The molecule has 0 radical (unpaired) electrons. The summed E-state index contributed by atoms with van der Waals surface area (Å²) in [5.74, 6) is 0. The van der Waals surface area contributed by atoms with E-state index in [2.05, 4.69) is 126 Å². The Hall–Kier alpha value is -1.63. The van der Waals surface area contributed by atoms with Gasteiger partial charge in [-0.2, -0.15) is 0 Å². The van der Waals surface area contributed by atoms with Gasteiger partial charge in [0.05, 0.1) is 0 Å². The van der Waals surface area contributed by atoms with Crippen molar-refractivity contribution in [1.29, 1.82) is 0 Å². The molecule has 0 atom stereocenters. The Labute approximate surface area is 175 Å². The van der Waals surface area contributed by atoms with Crippen LogP contribution in [0.2, 0.25) is 0 Å². The van der Waals surface area contributed by atoms with Crippen LogP contribution < -0.4 is 0 Å². The zero-order valence-corrected chi connectivity index (χ0v) is 20.5. The van der Waals surface area contributed by atoms with E-state index in [1.54, 1.807) is 0 Å². The van der Waals surface area contributed by atoms with Crippen LogP contribution in [0.25, 0.3) is 0 Å². The Morgan fingerprint density at radius 1 is 0.464 bits per heavy atom. The van der Waals surface area contributed by atoms with Crippen LogP contribution in [0, 0.1) is 0 Å². The Morgan fingerprint density at radius 3 is 1.07 bits per heavy atom. The van der Waals surface area contributed by atoms with Gasteiger partial charge in [0.15, 0.2) is 0 Å². The molecule has 2 rings (SSSR count). The molecule has 0 aliphatic heterocycles. The lowest BCUT2D eigenvalue weighted by molar-refractivity contribution is 0.531. The Bertz CT molecular complexity index is 630. The van der Waals surface area contributed by atoms with E-state index in [-0.39, 0.29) is 21.7 Å². The van der Waals surface area contributed by atoms with Crippen LogP contribution in [0.15, 0.2) is 42.5 Å². The van der Waals surface area contributed by atoms with Gasteiger partial charge in [-0.05, 0) is 34.1 Å². The second-order valence-corrected chi connectivity index (χ2v) is 12.0. The lowest BCUT2D eigenvalue weighted by Crippen LogP contribution is -2.19. The summed E-state index contributed by atoms with van der Waals surface area (Å²) >= 11 is 0. The van der Waals surface area contributed by atoms with Gasteiger partial charge in [-0.1, -0.05) is 113 Å². The van der Waals surface area contributed by atoms with Crippen LogP contribution in [0.4, 0.5) is 0 Å². The fraction of sp³-hybridized carbons (Fsp3) is 0.593. The van der Waals surface area contributed by atoms with Gasteiger partial charge in [-0.15, -0.1) is 0 Å². The maximum Gasteiger partial charge on any atom is 0.0460 e. The number of hydrogen-bond acceptors (Lipinski definition) is 1. The standard InChI is InChI=1S/C14H22.C13H21N/c1-13(2,3)11-8-7-9-12(10-11)14(4,5)6;1-12(2,3)10-8-7-9-11(14-10)13(4,5)6/h7-10H,1-6H3;7-9H,1-6H3. The minimum atomic E-state index is 0.140. The molecule has 0 N–H and O–H groups in total. The highest BCUT2D eigenvalue weighted by atomic mass is 14.7. The minimum Gasteiger partial charge on any atom is -0.257 e. The number of hydrogen-bond donors (Lipinski definition) is 0. The monoisotopic (exact) mass is 381 g/mol. The van der Waals surface area contributed by atoms with Crippen molar-refractivity contribution in [3.05, 3.63) is 65.0 Å². The van der Waals surface area contributed by atoms with Gasteiger partial charge in [-0.3, -0.25) is 4.98 Å². The number of pyridine rings is 1. The first-order valence-corrected chi connectivity index (χ1v) is 10.5. The van der Waals surface area contributed by atoms with E-state index in [1.165, 1.54) is 22.5 Å². The molecule has 1 heterocycles. The van der Waals surface area contributed by atoms with Crippen molar-refractivity contribution in [2.24, 2.45) is 0 Å². The van der Waals surface area contributed by atoms with Gasteiger partial charge >= 0.3 is 0 Å². The molecule has 0 saturated carbocycles. The minimum absolute atomic E-state index is 0.140. The van der Waals surface area contributed by atoms with Gasteiger partial charge in [0, 0.05) is 22.2 Å². The zero-order valence-electron chi connectivity index (χ0n) is 20.5. The molecule has 2 aromatic rings. The average molecular weight is 382 g/mol. The quantitative estimate of drug-likeness (QED) is 0.451. The molecular formula is C27H43N. The topological polar surface area (TPSA) is 12.9 Å². The molecule has 0 amide bonds. The van der Waals surface area contributed by atoms with Crippen LogP contribution in [0.5, 0.6) is 0 Å². The van der Waals surface area contributed by atoms with Crippen molar-refractivity contribution in [2.75, 3.05) is 0 Å². The number of rotatable bonds is 0. The highest BCUT2D eigenvalue weighted by Gasteiger charge is 2.20. The third-order valence-electron chi connectivity index (χ3n) is 4.88. The van der Waals surface area contributed by atoms with Crippen LogP contribution >= 0.6 is 0 Å². The van der Waals surface area contributed by atoms with Crippen molar-refractivity contribution in [3.8, 4) is 0 Å². The lowest BCUT2D eigenvalue weighted by Gasteiger charge is -2.24. The third-order valence-corrected chi connectivity index (χ3v) is 4.88. The van der Waals surface area contributed by atoms with E-state index >= 15 is 0 Å². The van der Waals surface area contributed by atoms with Crippen LogP contribution in [0.3, 0.4) is 0 Å². The van der Waals surface area contributed by atoms with Crippen LogP contribution in [-0.2, 0) is 21.7 Å². The maximum atomic E-state index is 4.72. The molecular weight excluding hydrogens is 338 g/mol. The Morgan fingerprint density at radius 2 is 0.786 bits per heavy atom. The number of nitrogens with zero attached hydrogens (tertiary/aromatic N) is 1. The summed E-state index contributed by atoms with van der Waals surface area (Å²) < 4.78 is 0. The average Bonchev–Trinajstić information content (AvgIpc) is 2.52. The summed E-state index contributed by atoms with van der Waals surface area (Å²) in [5.41, 5.74) is 5.97. The summed E-state index contributed by atoms with van der Waals surface area (Å²) in [6.45, 7) is 26.7. The number of benzene rings is 1. The van der Waals surface area contributed by atoms with Crippen LogP contribution in [-0.4, -0.2) is 4.98 Å². The van der Waals surface area contributed by atoms with Gasteiger partial charge in [0.1, 0.15) is 0 Å². The van der Waals surface area contributed by atoms with Crippen molar-refractivity contribution < 1.29 is 0 Å². The summed E-state index contributed by atoms with van der Waals surface area (Å²) in [6.07, 6.45) is 0. The molecule has 1 nitrogen and oxygen atoms in total. The van der Waals surface area contributed by atoms with E-state index < -0.39 is 0 Å². The first-order valence-electron chi connectivity index (χ1n) is 10.5. The van der Waals surface area contributed by atoms with Crippen molar-refractivity contribution in [2.45, 2.75) is 105 Å². The van der Waals surface area contributed by atoms with Gasteiger partial charge in [0.2, 0.25) is 0 Å². The molecule has 1 heteroatoms. The highest BCUT2D eigenvalue weighted by molar-refractivity contribution is 5.32. The van der Waals surface area contributed by atoms with Crippen molar-refractivity contribution >= 4 is 0 Å². The summed E-state index contributed by atoms with van der Waals surface area (Å²) in [6, 6.07) is 15.3. The first-order chi connectivity index (χ1) is 12.4. The first kappa shape index (κ1) is 24.4. The van der Waals surface area contributed by atoms with E-state index in [9.17, 15) is 0 Å². The molecule has 1 aromatic heterocycles. The molecule has 0 fully saturated rings. The van der Waals surface area contributed by atoms with E-state index in [0.29, 0.717) is 0 Å². The van der Waals surface area contributed by atoms with Crippen LogP contribution in [0.1, 0.15) is 106 Å². The smallest absolute Gasteiger partial charge is 0.0460 e. The SMILES string of the molecule is CC(C)(C)c1cccc(C(C)(C)C)c1.CC(C)(C)c1cccc(C(C)(C)C)n1. The van der Waals surface area contributed by atoms with E-state index in [1.807, 2.05) is 0 Å². The van der Waals surface area contributed by atoms with E-state index in [4.69, 9.17) is 4.98 Å². The second-order valence-electron chi connectivity index (χ2n) is 12.0. The van der Waals surface area contributed by atoms with E-state index in [0.717, 1.165) is 0 Å². The summed E-state index contributed by atoms with van der Waals surface area (Å²) in [4.78, 5) is 4.72. The van der Waals surface area contributed by atoms with Gasteiger partial charge < -0.3 is 0 Å². The van der Waals surface area contributed by atoms with Gasteiger partial charge in [-0.25, -0.2) is 0 Å². The van der Waals surface area contributed by atoms with Crippen molar-refractivity contribution in [1.82, 2.24) is 4.98 Å². The highest BCUT2D eigenvalue weighted by Crippen LogP contribution is 2.28. The lowest BCUT2D eigenvalue weighted by atomic mass is 9.81. The summed E-state index contributed by atoms with van der Waals surface area (Å²) in [5, 5.41) is 0. The molecule has 0 saturated heterocycles. The molecule has 0 bridgehead atoms. The predicted molar refractivity (Wildman–Crippen MR) is 125 cm³/mol. The van der Waals surface area contributed by atoms with Gasteiger partial charge in [0.25, 0.3) is 0 Å². The molecule has 0 aliphatic carbocycles. The third kappa shape index (κ3) is 7.41. The molecule has 28 heavy (non-hydrogen) atoms. The normalized spacial score (nSPS) is 13.0. The second kappa shape index (κ2) is 8.39. The maximum absolute atomic E-state index is 4.72. The Kier molecular flexibility index (Phi) is 7.32. The largest absolute Gasteiger partial charge is 0.257 e. The Balaban J connectivity index is 0.000000280. The molecule has 0 aliphatic rings. The predicted octanol–water partition coefficient (Wildman–Crippen LogP) is 7.96. The molecule has 0 spiro atoms. The van der Waals surface area contributed by atoms with Crippen molar-refractivity contribution in [3.63, 3.8) is 0 Å². The summed E-state index contributed by atoms with van der Waals surface area (Å²) in [7, 11) is 0. The number of aromatic nitrogens is 1. The molecule has 156 valence electrons. The molecule has 1 aromatic carbocycles. The fourth-order valence-electron chi connectivity index (χ4n) is 2.72. The zero-order chi connectivity index (χ0) is 22.0. The fourth-order valence-corrected chi connectivity index (χ4v) is 2.72. The molecule has 0 unspecified atom stereocenters.